The second kappa shape index (κ2) is 11.0. The van der Waals surface area contributed by atoms with Crippen molar-refractivity contribution in [3.05, 3.63) is 97.2 Å². The van der Waals surface area contributed by atoms with E-state index in [4.69, 9.17) is 34.8 Å². The third-order valence-electron chi connectivity index (χ3n) is 5.95. The van der Waals surface area contributed by atoms with Crippen molar-refractivity contribution in [2.45, 2.75) is 31.3 Å². The molecule has 3 aromatic carbocycles. The van der Waals surface area contributed by atoms with Gasteiger partial charge in [0.2, 0.25) is 15.9 Å². The SMILES string of the molecule is O=C(Cc1ccc(C(F)(F)F)c(F)c1)Nc1c(Cl)ccc2c1CCN(S(=O)(=O)Cc1cc(Cl)cc(Cl)c1)C2. The average molecular weight is 610 g/mol. The third-order valence-corrected chi connectivity index (χ3v) is 8.50. The molecule has 0 unspecified atom stereocenters. The first kappa shape index (κ1) is 28.6. The van der Waals surface area contributed by atoms with Gasteiger partial charge in [-0.1, -0.05) is 46.9 Å². The first-order chi connectivity index (χ1) is 17.7. The number of rotatable bonds is 6. The molecule has 0 aromatic heterocycles. The zero-order valence-electron chi connectivity index (χ0n) is 19.4. The van der Waals surface area contributed by atoms with Crippen molar-refractivity contribution in [2.24, 2.45) is 0 Å². The Bertz CT molecular complexity index is 1490. The fourth-order valence-corrected chi connectivity index (χ4v) is 6.51. The summed E-state index contributed by atoms with van der Waals surface area (Å²) >= 11 is 18.3. The summed E-state index contributed by atoms with van der Waals surface area (Å²) in [6.07, 6.45) is -4.99. The molecule has 5 nitrogen and oxygen atoms in total. The highest BCUT2D eigenvalue weighted by atomic mass is 35.5. The Morgan fingerprint density at radius 1 is 0.974 bits per heavy atom. The number of benzene rings is 3. The van der Waals surface area contributed by atoms with Crippen molar-refractivity contribution in [1.82, 2.24) is 4.31 Å². The molecule has 1 N–H and O–H groups in total. The minimum atomic E-state index is -4.84. The van der Waals surface area contributed by atoms with Crippen LogP contribution in [0.1, 0.15) is 27.8 Å². The molecule has 0 aliphatic carbocycles. The zero-order valence-corrected chi connectivity index (χ0v) is 22.5. The maximum absolute atomic E-state index is 13.9. The largest absolute Gasteiger partial charge is 0.419 e. The molecule has 0 saturated carbocycles. The van der Waals surface area contributed by atoms with E-state index in [9.17, 15) is 30.8 Å². The van der Waals surface area contributed by atoms with Crippen molar-refractivity contribution < 1.29 is 30.8 Å². The van der Waals surface area contributed by atoms with E-state index in [2.05, 4.69) is 5.32 Å². The third kappa shape index (κ3) is 6.60. The van der Waals surface area contributed by atoms with Crippen LogP contribution in [0.15, 0.2) is 48.5 Å². The van der Waals surface area contributed by atoms with E-state index in [-0.39, 0.29) is 41.5 Å². The summed E-state index contributed by atoms with van der Waals surface area (Å²) < 4.78 is 79.7. The van der Waals surface area contributed by atoms with Gasteiger partial charge in [-0.15, -0.1) is 0 Å². The summed E-state index contributed by atoms with van der Waals surface area (Å²) in [4.78, 5) is 12.7. The lowest BCUT2D eigenvalue weighted by atomic mass is 9.98. The number of nitrogens with one attached hydrogen (secondary N) is 1. The normalized spacial score (nSPS) is 14.3. The van der Waals surface area contributed by atoms with Crippen LogP contribution in [0, 0.1) is 5.82 Å². The monoisotopic (exact) mass is 608 g/mol. The summed E-state index contributed by atoms with van der Waals surface area (Å²) in [5, 5.41) is 3.49. The van der Waals surface area contributed by atoms with Crippen molar-refractivity contribution in [3.63, 3.8) is 0 Å². The lowest BCUT2D eigenvalue weighted by Crippen LogP contribution is -2.37. The van der Waals surface area contributed by atoms with Gasteiger partial charge in [0.25, 0.3) is 0 Å². The van der Waals surface area contributed by atoms with Gasteiger partial charge in [-0.3, -0.25) is 4.79 Å². The van der Waals surface area contributed by atoms with Gasteiger partial charge in [0.05, 0.1) is 28.4 Å². The summed E-state index contributed by atoms with van der Waals surface area (Å²) in [6.45, 7) is 0.160. The number of alkyl halides is 3. The summed E-state index contributed by atoms with van der Waals surface area (Å²) in [6, 6.07) is 10.0. The van der Waals surface area contributed by atoms with E-state index in [0.29, 0.717) is 38.9 Å². The number of nitrogens with zero attached hydrogens (tertiary/aromatic N) is 1. The van der Waals surface area contributed by atoms with Crippen LogP contribution in [0.2, 0.25) is 15.1 Å². The lowest BCUT2D eigenvalue weighted by Gasteiger charge is -2.30. The van der Waals surface area contributed by atoms with Gasteiger partial charge in [-0.2, -0.15) is 17.5 Å². The predicted molar refractivity (Wildman–Crippen MR) is 138 cm³/mol. The molecule has 3 aromatic rings. The Kier molecular flexibility index (Phi) is 8.30. The Morgan fingerprint density at radius 2 is 1.66 bits per heavy atom. The van der Waals surface area contributed by atoms with Gasteiger partial charge in [0, 0.05) is 23.1 Å². The summed E-state index contributed by atoms with van der Waals surface area (Å²) in [7, 11) is -3.74. The van der Waals surface area contributed by atoms with Gasteiger partial charge >= 0.3 is 6.18 Å². The lowest BCUT2D eigenvalue weighted by molar-refractivity contribution is -0.140. The summed E-state index contributed by atoms with van der Waals surface area (Å²) in [5.41, 5.74) is 0.621. The van der Waals surface area contributed by atoms with Gasteiger partial charge in [-0.25, -0.2) is 12.8 Å². The topological polar surface area (TPSA) is 66.5 Å². The maximum atomic E-state index is 13.9. The second-order valence-electron chi connectivity index (χ2n) is 8.71. The van der Waals surface area contributed by atoms with Crippen molar-refractivity contribution in [2.75, 3.05) is 11.9 Å². The van der Waals surface area contributed by atoms with Crippen LogP contribution in [0.25, 0.3) is 0 Å². The molecule has 1 amide bonds. The van der Waals surface area contributed by atoms with Crippen molar-refractivity contribution >= 4 is 56.4 Å². The zero-order chi connectivity index (χ0) is 27.8. The number of anilines is 1. The second-order valence-corrected chi connectivity index (χ2v) is 12.0. The molecule has 0 radical (unpaired) electrons. The van der Waals surface area contributed by atoms with Crippen LogP contribution < -0.4 is 5.32 Å². The Morgan fingerprint density at radius 3 is 2.29 bits per heavy atom. The van der Waals surface area contributed by atoms with E-state index in [0.717, 1.165) is 6.07 Å². The van der Waals surface area contributed by atoms with Gasteiger partial charge < -0.3 is 5.32 Å². The first-order valence-electron chi connectivity index (χ1n) is 11.1. The van der Waals surface area contributed by atoms with E-state index < -0.39 is 39.9 Å². The molecule has 0 bridgehead atoms. The molecule has 0 atom stereocenters. The number of carbonyl (C=O) groups excluding carboxylic acids is 1. The molecule has 38 heavy (non-hydrogen) atoms. The van der Waals surface area contributed by atoms with Crippen LogP contribution in [-0.4, -0.2) is 25.2 Å². The Hall–Kier alpha value is -2.37. The maximum Gasteiger partial charge on any atom is 0.419 e. The number of amides is 1. The van der Waals surface area contributed by atoms with Gasteiger partial charge in [-0.05, 0) is 65.1 Å². The highest BCUT2D eigenvalue weighted by molar-refractivity contribution is 7.88. The van der Waals surface area contributed by atoms with Gasteiger partial charge in [0.1, 0.15) is 5.82 Å². The Balaban J connectivity index is 1.49. The highest BCUT2D eigenvalue weighted by Crippen LogP contribution is 2.35. The molecule has 202 valence electrons. The number of hydrogen-bond donors (Lipinski definition) is 1. The van der Waals surface area contributed by atoms with E-state index in [1.54, 1.807) is 6.07 Å². The molecule has 4 rings (SSSR count). The molecule has 1 heterocycles. The molecule has 0 spiro atoms. The molecule has 13 heteroatoms. The van der Waals surface area contributed by atoms with Crippen LogP contribution in [0.3, 0.4) is 0 Å². The highest BCUT2D eigenvalue weighted by Gasteiger charge is 2.34. The molecular weight excluding hydrogens is 591 g/mol. The van der Waals surface area contributed by atoms with Gasteiger partial charge in [0.15, 0.2) is 0 Å². The first-order valence-corrected chi connectivity index (χ1v) is 13.9. The predicted octanol–water partition coefficient (Wildman–Crippen LogP) is 6.87. The van der Waals surface area contributed by atoms with Crippen molar-refractivity contribution in [3.8, 4) is 0 Å². The Labute approximate surface area is 231 Å². The number of hydrogen-bond acceptors (Lipinski definition) is 3. The minimum absolute atomic E-state index is 0.0378. The van der Waals surface area contributed by atoms with E-state index in [1.807, 2.05) is 0 Å². The van der Waals surface area contributed by atoms with Crippen LogP contribution >= 0.6 is 34.8 Å². The van der Waals surface area contributed by atoms with Crippen LogP contribution in [0.5, 0.6) is 0 Å². The fraction of sp³-hybridized carbons (Fsp3) is 0.240. The van der Waals surface area contributed by atoms with Crippen LogP contribution in [0.4, 0.5) is 23.2 Å². The minimum Gasteiger partial charge on any atom is -0.324 e. The quantitative estimate of drug-likeness (QED) is 0.310. The average Bonchev–Trinajstić information content (AvgIpc) is 2.78. The number of halogens is 7. The molecular formula is C25H19Cl3F4N2O3S. The summed E-state index contributed by atoms with van der Waals surface area (Å²) in [5.74, 6) is -2.39. The molecule has 0 saturated heterocycles. The standard InChI is InChI=1S/C25H19Cl3F4N2O3S/c26-17-7-15(8-18(27)11-17)13-38(36,37)34-6-5-19-16(12-34)2-4-21(28)24(19)33-23(35)10-14-1-3-20(22(29)9-14)25(30,31)32/h1-4,7-9,11H,5-6,10,12-13H2,(H,33,35). The number of fused-ring (bicyclic) bond motifs is 1. The smallest absolute Gasteiger partial charge is 0.324 e. The molecule has 1 aliphatic heterocycles. The van der Waals surface area contributed by atoms with Crippen molar-refractivity contribution in [1.29, 1.82) is 0 Å². The molecule has 1 aliphatic rings. The van der Waals surface area contributed by atoms with E-state index >= 15 is 0 Å². The molecule has 0 fully saturated rings. The fourth-order valence-electron chi connectivity index (χ4n) is 4.24. The van der Waals surface area contributed by atoms with E-state index in [1.165, 1.54) is 28.6 Å². The number of sulfonamides is 1. The number of carbonyl (C=O) groups is 1. The van der Waals surface area contributed by atoms with Crippen LogP contribution in [-0.2, 0) is 46.1 Å².